The van der Waals surface area contributed by atoms with E-state index in [1.807, 2.05) is 25.2 Å². The number of rotatable bonds is 3. The van der Waals surface area contributed by atoms with Crippen LogP contribution in [0.1, 0.15) is 5.56 Å². The van der Waals surface area contributed by atoms with Gasteiger partial charge in [0.05, 0.1) is 6.54 Å². The smallest absolute Gasteiger partial charge is 0.0599 e. The Morgan fingerprint density at radius 3 is 2.86 bits per heavy atom. The molecule has 1 nitrogen and oxygen atoms in total. The second kappa shape index (κ2) is 5.41. The van der Waals surface area contributed by atoms with Gasteiger partial charge in [0.1, 0.15) is 0 Å². The van der Waals surface area contributed by atoms with E-state index in [-0.39, 0.29) is 0 Å². The largest absolute Gasteiger partial charge is 0.291 e. The maximum absolute atomic E-state index is 5.84. The van der Waals surface area contributed by atoms with E-state index < -0.39 is 0 Å². The van der Waals surface area contributed by atoms with Crippen molar-refractivity contribution in [3.8, 4) is 12.3 Å². The van der Waals surface area contributed by atoms with Crippen molar-refractivity contribution >= 4 is 27.5 Å². The standard InChI is InChI=1S/C11H11BrClN/c1-3-6-14(2)8-9-4-5-10(13)7-11(9)12/h1,4-5,7H,6,8H2,2H3. The molecule has 1 aromatic carbocycles. The SMILES string of the molecule is C#CCN(C)Cc1ccc(Cl)cc1Br. The average Bonchev–Trinajstić information content (AvgIpc) is 2.10. The third kappa shape index (κ3) is 3.34. The summed E-state index contributed by atoms with van der Waals surface area (Å²) in [6.45, 7) is 1.47. The normalized spacial score (nSPS) is 10.2. The molecule has 0 aliphatic rings. The fourth-order valence-electron chi connectivity index (χ4n) is 1.15. The van der Waals surface area contributed by atoms with Crippen LogP contribution >= 0.6 is 27.5 Å². The van der Waals surface area contributed by atoms with Gasteiger partial charge in [0.2, 0.25) is 0 Å². The van der Waals surface area contributed by atoms with Gasteiger partial charge < -0.3 is 0 Å². The molecule has 0 heterocycles. The first kappa shape index (κ1) is 11.6. The van der Waals surface area contributed by atoms with Crippen LogP contribution in [-0.2, 0) is 6.54 Å². The lowest BCUT2D eigenvalue weighted by molar-refractivity contribution is 0.368. The van der Waals surface area contributed by atoms with Gasteiger partial charge in [0.15, 0.2) is 0 Å². The quantitative estimate of drug-likeness (QED) is 0.764. The summed E-state index contributed by atoms with van der Waals surface area (Å²) in [5.74, 6) is 2.60. The van der Waals surface area contributed by atoms with E-state index in [0.29, 0.717) is 6.54 Å². The monoisotopic (exact) mass is 271 g/mol. The van der Waals surface area contributed by atoms with Gasteiger partial charge in [-0.3, -0.25) is 4.90 Å². The van der Waals surface area contributed by atoms with Gasteiger partial charge in [-0.2, -0.15) is 0 Å². The van der Waals surface area contributed by atoms with Crippen LogP contribution in [0.4, 0.5) is 0 Å². The van der Waals surface area contributed by atoms with Crippen molar-refractivity contribution in [1.29, 1.82) is 0 Å². The molecule has 1 rings (SSSR count). The fraction of sp³-hybridized carbons (Fsp3) is 0.273. The lowest BCUT2D eigenvalue weighted by Crippen LogP contribution is -2.17. The van der Waals surface area contributed by atoms with Crippen molar-refractivity contribution in [2.75, 3.05) is 13.6 Å². The Balaban J connectivity index is 2.73. The Labute approximate surface area is 98.2 Å². The van der Waals surface area contributed by atoms with Gasteiger partial charge in [-0.1, -0.05) is 39.5 Å². The third-order valence-corrected chi connectivity index (χ3v) is 2.79. The second-order valence-corrected chi connectivity index (χ2v) is 4.40. The van der Waals surface area contributed by atoms with Gasteiger partial charge >= 0.3 is 0 Å². The summed E-state index contributed by atoms with van der Waals surface area (Å²) < 4.78 is 1.02. The molecule has 0 saturated heterocycles. The number of benzene rings is 1. The predicted molar refractivity (Wildman–Crippen MR) is 64.3 cm³/mol. The number of halogens is 2. The highest BCUT2D eigenvalue weighted by atomic mass is 79.9. The van der Waals surface area contributed by atoms with Crippen LogP contribution < -0.4 is 0 Å². The van der Waals surface area contributed by atoms with Crippen LogP contribution in [0.15, 0.2) is 22.7 Å². The molecule has 0 bridgehead atoms. The number of hydrogen-bond donors (Lipinski definition) is 0. The molecule has 74 valence electrons. The number of hydrogen-bond acceptors (Lipinski definition) is 1. The summed E-state index contributed by atoms with van der Waals surface area (Å²) in [5.41, 5.74) is 1.19. The maximum Gasteiger partial charge on any atom is 0.0599 e. The van der Waals surface area contributed by atoms with Crippen molar-refractivity contribution in [3.05, 3.63) is 33.3 Å². The second-order valence-electron chi connectivity index (χ2n) is 3.11. The van der Waals surface area contributed by atoms with Crippen molar-refractivity contribution < 1.29 is 0 Å². The molecular formula is C11H11BrClN. The number of terminal acetylenes is 1. The van der Waals surface area contributed by atoms with E-state index in [0.717, 1.165) is 16.0 Å². The van der Waals surface area contributed by atoms with E-state index >= 15 is 0 Å². The molecule has 0 aliphatic carbocycles. The fourth-order valence-corrected chi connectivity index (χ4v) is 1.96. The number of nitrogens with zero attached hydrogens (tertiary/aromatic N) is 1. The third-order valence-electron chi connectivity index (χ3n) is 1.82. The summed E-state index contributed by atoms with van der Waals surface area (Å²) in [4.78, 5) is 2.06. The zero-order chi connectivity index (χ0) is 10.6. The molecule has 0 aromatic heterocycles. The Morgan fingerprint density at radius 1 is 1.57 bits per heavy atom. The highest BCUT2D eigenvalue weighted by Crippen LogP contribution is 2.22. The molecule has 0 radical (unpaired) electrons. The highest BCUT2D eigenvalue weighted by Gasteiger charge is 2.03. The van der Waals surface area contributed by atoms with Crippen LogP contribution in [0, 0.1) is 12.3 Å². The van der Waals surface area contributed by atoms with E-state index in [2.05, 4.69) is 26.8 Å². The molecule has 0 spiro atoms. The van der Waals surface area contributed by atoms with Crippen molar-refractivity contribution in [2.45, 2.75) is 6.54 Å². The Morgan fingerprint density at radius 2 is 2.29 bits per heavy atom. The first-order valence-corrected chi connectivity index (χ1v) is 5.36. The lowest BCUT2D eigenvalue weighted by Gasteiger charge is -2.14. The molecule has 14 heavy (non-hydrogen) atoms. The van der Waals surface area contributed by atoms with Gasteiger partial charge in [0, 0.05) is 16.0 Å². The topological polar surface area (TPSA) is 3.24 Å². The minimum absolute atomic E-state index is 0.648. The molecule has 1 aromatic rings. The minimum Gasteiger partial charge on any atom is -0.291 e. The molecule has 3 heteroatoms. The van der Waals surface area contributed by atoms with Crippen molar-refractivity contribution in [3.63, 3.8) is 0 Å². The maximum atomic E-state index is 5.84. The van der Waals surface area contributed by atoms with E-state index in [1.54, 1.807) is 0 Å². The zero-order valence-corrected chi connectivity index (χ0v) is 10.3. The van der Waals surface area contributed by atoms with E-state index in [9.17, 15) is 0 Å². The zero-order valence-electron chi connectivity index (χ0n) is 7.93. The molecule has 0 atom stereocenters. The first-order chi connectivity index (χ1) is 6.63. The van der Waals surface area contributed by atoms with Crippen molar-refractivity contribution in [2.24, 2.45) is 0 Å². The Bertz CT molecular complexity index is 357. The van der Waals surface area contributed by atoms with Crippen LogP contribution in [0.25, 0.3) is 0 Å². The van der Waals surface area contributed by atoms with Gasteiger partial charge in [-0.05, 0) is 24.7 Å². The molecule has 0 saturated carbocycles. The van der Waals surface area contributed by atoms with Gasteiger partial charge in [0.25, 0.3) is 0 Å². The summed E-state index contributed by atoms with van der Waals surface area (Å²) in [5, 5.41) is 0.736. The summed E-state index contributed by atoms with van der Waals surface area (Å²) in [7, 11) is 1.99. The minimum atomic E-state index is 0.648. The predicted octanol–water partition coefficient (Wildman–Crippen LogP) is 3.17. The van der Waals surface area contributed by atoms with Crippen LogP contribution in [0.3, 0.4) is 0 Å². The van der Waals surface area contributed by atoms with Crippen molar-refractivity contribution in [1.82, 2.24) is 4.90 Å². The molecule has 0 amide bonds. The first-order valence-electron chi connectivity index (χ1n) is 4.19. The molecular weight excluding hydrogens is 261 g/mol. The molecule has 0 fully saturated rings. The van der Waals surface area contributed by atoms with Crippen LogP contribution in [0.2, 0.25) is 5.02 Å². The average molecular weight is 273 g/mol. The summed E-state index contributed by atoms with van der Waals surface area (Å²) in [6.07, 6.45) is 5.22. The Kier molecular flexibility index (Phi) is 4.47. The van der Waals surface area contributed by atoms with Crippen LogP contribution in [0.5, 0.6) is 0 Å². The van der Waals surface area contributed by atoms with E-state index in [1.165, 1.54) is 5.56 Å². The van der Waals surface area contributed by atoms with E-state index in [4.69, 9.17) is 18.0 Å². The molecule has 0 N–H and O–H groups in total. The highest BCUT2D eigenvalue weighted by molar-refractivity contribution is 9.10. The summed E-state index contributed by atoms with van der Waals surface area (Å²) in [6, 6.07) is 5.77. The molecule has 0 unspecified atom stereocenters. The van der Waals surface area contributed by atoms with Crippen LogP contribution in [-0.4, -0.2) is 18.5 Å². The molecule has 0 aliphatic heterocycles. The summed E-state index contributed by atoms with van der Waals surface area (Å²) >= 11 is 9.30. The lowest BCUT2D eigenvalue weighted by atomic mass is 10.2. The van der Waals surface area contributed by atoms with Gasteiger partial charge in [-0.25, -0.2) is 0 Å². The van der Waals surface area contributed by atoms with Gasteiger partial charge in [-0.15, -0.1) is 6.42 Å². The Hall–Kier alpha value is -0.490.